The average molecular weight is 463 g/mol. The molecule has 5 rings (SSSR count). The molecular weight excluding hydrogens is 446 g/mol. The van der Waals surface area contributed by atoms with Crippen LogP contribution in [-0.4, -0.2) is 16.7 Å². The number of allylic oxidation sites excluding steroid dienone is 1. The maximum absolute atomic E-state index is 12.8. The number of non-ortho nitro benzene ring substituents is 1. The fraction of sp³-hybridized carbons (Fsp3) is 0. The van der Waals surface area contributed by atoms with Gasteiger partial charge in [-0.05, 0) is 47.0 Å². The van der Waals surface area contributed by atoms with E-state index >= 15 is 0 Å². The average Bonchev–Trinajstić information content (AvgIpc) is 3.19. The number of ether oxygens (including phenoxy) is 2. The molecule has 4 aromatic rings. The predicted molar refractivity (Wildman–Crippen MR) is 129 cm³/mol. The van der Waals surface area contributed by atoms with E-state index in [1.165, 1.54) is 42.5 Å². The van der Waals surface area contributed by atoms with Crippen LogP contribution in [0.4, 0.5) is 5.69 Å². The van der Waals surface area contributed by atoms with E-state index in [1.807, 2.05) is 54.6 Å². The van der Waals surface area contributed by atoms with E-state index < -0.39 is 10.9 Å². The minimum atomic E-state index is -0.682. The third kappa shape index (κ3) is 4.56. The molecule has 4 aromatic carbocycles. The molecule has 170 valence electrons. The van der Waals surface area contributed by atoms with E-state index in [0.717, 1.165) is 16.7 Å². The molecule has 7 nitrogen and oxygen atoms in total. The number of carbonyl (C=O) groups is 2. The van der Waals surface area contributed by atoms with Crippen LogP contribution in [0, 0.1) is 10.1 Å². The van der Waals surface area contributed by atoms with Gasteiger partial charge < -0.3 is 9.47 Å². The summed E-state index contributed by atoms with van der Waals surface area (Å²) in [6, 6.07) is 27.3. The van der Waals surface area contributed by atoms with Gasteiger partial charge >= 0.3 is 5.97 Å². The standard InChI is InChI=1S/C28H17NO6/c30-27-24-15-14-23(34-28(31)21-10-12-22(13-11-21)29(32)33)17-25(24)35-26(27)16-18-6-8-20(9-7-18)19-4-2-1-3-5-19/h1-17H/b26-16-. The third-order valence-corrected chi connectivity index (χ3v) is 5.48. The Labute approximate surface area is 200 Å². The Bertz CT molecular complexity index is 1470. The summed E-state index contributed by atoms with van der Waals surface area (Å²) >= 11 is 0. The number of hydrogen-bond acceptors (Lipinski definition) is 6. The maximum Gasteiger partial charge on any atom is 0.343 e. The molecule has 0 saturated carbocycles. The fourth-order valence-corrected chi connectivity index (χ4v) is 3.67. The zero-order valence-corrected chi connectivity index (χ0v) is 18.2. The minimum Gasteiger partial charge on any atom is -0.452 e. The molecule has 7 heteroatoms. The third-order valence-electron chi connectivity index (χ3n) is 5.48. The van der Waals surface area contributed by atoms with Gasteiger partial charge in [0.2, 0.25) is 5.78 Å². The second-order valence-electron chi connectivity index (χ2n) is 7.78. The Morgan fingerprint density at radius 1 is 0.857 bits per heavy atom. The van der Waals surface area contributed by atoms with E-state index in [9.17, 15) is 19.7 Å². The Morgan fingerprint density at radius 3 is 2.23 bits per heavy atom. The second-order valence-corrected chi connectivity index (χ2v) is 7.78. The van der Waals surface area contributed by atoms with Gasteiger partial charge in [0.25, 0.3) is 5.69 Å². The summed E-state index contributed by atoms with van der Waals surface area (Å²) in [5.41, 5.74) is 3.38. The van der Waals surface area contributed by atoms with Crippen molar-refractivity contribution in [2.75, 3.05) is 0 Å². The van der Waals surface area contributed by atoms with Crippen molar-refractivity contribution in [2.24, 2.45) is 0 Å². The SMILES string of the molecule is O=C(Oc1ccc2c(c1)O/C(=C\c1ccc(-c3ccccc3)cc1)C2=O)c1ccc([N+](=O)[O-])cc1. The van der Waals surface area contributed by atoms with Crippen LogP contribution in [0.5, 0.6) is 11.5 Å². The first-order chi connectivity index (χ1) is 17.0. The van der Waals surface area contributed by atoms with Gasteiger partial charge in [-0.3, -0.25) is 14.9 Å². The van der Waals surface area contributed by atoms with Gasteiger partial charge in [-0.2, -0.15) is 0 Å². The van der Waals surface area contributed by atoms with Crippen molar-refractivity contribution in [1.29, 1.82) is 0 Å². The Kier molecular flexibility index (Phi) is 5.65. The first-order valence-electron chi connectivity index (χ1n) is 10.7. The summed E-state index contributed by atoms with van der Waals surface area (Å²) in [6.45, 7) is 0. The van der Waals surface area contributed by atoms with Crippen molar-refractivity contribution >= 4 is 23.5 Å². The molecule has 1 aliphatic heterocycles. The molecule has 0 aromatic heterocycles. The van der Waals surface area contributed by atoms with Crippen LogP contribution in [0.25, 0.3) is 17.2 Å². The number of Topliss-reactive ketones (excluding diaryl/α,β-unsaturated/α-hetero) is 1. The van der Waals surface area contributed by atoms with E-state index in [2.05, 4.69) is 0 Å². The maximum atomic E-state index is 12.8. The molecule has 0 aliphatic carbocycles. The van der Waals surface area contributed by atoms with Crippen LogP contribution in [0.2, 0.25) is 0 Å². The number of benzene rings is 4. The van der Waals surface area contributed by atoms with Crippen molar-refractivity contribution in [3.05, 3.63) is 130 Å². The van der Waals surface area contributed by atoms with Gasteiger partial charge in [0, 0.05) is 18.2 Å². The molecule has 0 radical (unpaired) electrons. The van der Waals surface area contributed by atoms with Crippen LogP contribution >= 0.6 is 0 Å². The van der Waals surface area contributed by atoms with Gasteiger partial charge in [-0.1, -0.05) is 54.6 Å². The van der Waals surface area contributed by atoms with Crippen molar-refractivity contribution in [2.45, 2.75) is 0 Å². The molecule has 0 atom stereocenters. The zero-order chi connectivity index (χ0) is 24.4. The highest BCUT2D eigenvalue weighted by atomic mass is 16.6. The van der Waals surface area contributed by atoms with Gasteiger partial charge in [0.1, 0.15) is 11.5 Å². The number of ketones is 1. The zero-order valence-electron chi connectivity index (χ0n) is 18.2. The van der Waals surface area contributed by atoms with Crippen LogP contribution in [0.1, 0.15) is 26.3 Å². The Morgan fingerprint density at radius 2 is 1.54 bits per heavy atom. The lowest BCUT2D eigenvalue weighted by Crippen LogP contribution is -2.08. The number of hydrogen-bond donors (Lipinski definition) is 0. The van der Waals surface area contributed by atoms with Crippen LogP contribution in [0.3, 0.4) is 0 Å². The van der Waals surface area contributed by atoms with Crippen molar-refractivity contribution in [3.63, 3.8) is 0 Å². The molecule has 0 fully saturated rings. The number of carbonyl (C=O) groups excluding carboxylic acids is 2. The van der Waals surface area contributed by atoms with Crippen molar-refractivity contribution < 1.29 is 24.0 Å². The smallest absolute Gasteiger partial charge is 0.343 e. The molecule has 0 bridgehead atoms. The van der Waals surface area contributed by atoms with Gasteiger partial charge in [-0.15, -0.1) is 0 Å². The lowest BCUT2D eigenvalue weighted by Gasteiger charge is -2.05. The molecule has 1 heterocycles. The topological polar surface area (TPSA) is 95.7 Å². The summed E-state index contributed by atoms with van der Waals surface area (Å²) in [7, 11) is 0. The molecule has 1 aliphatic rings. The first kappa shape index (κ1) is 21.8. The fourth-order valence-electron chi connectivity index (χ4n) is 3.67. The van der Waals surface area contributed by atoms with E-state index in [4.69, 9.17) is 9.47 Å². The highest BCUT2D eigenvalue weighted by Gasteiger charge is 2.28. The van der Waals surface area contributed by atoms with Crippen LogP contribution < -0.4 is 9.47 Å². The number of nitro groups is 1. The highest BCUT2D eigenvalue weighted by Crippen LogP contribution is 2.35. The Hall–Kier alpha value is -5.04. The quantitative estimate of drug-likeness (QED) is 0.117. The molecule has 0 unspecified atom stereocenters. The second kappa shape index (κ2) is 9.07. The molecule has 0 spiro atoms. The molecule has 0 amide bonds. The number of rotatable bonds is 5. The lowest BCUT2D eigenvalue weighted by molar-refractivity contribution is -0.384. The minimum absolute atomic E-state index is 0.125. The van der Waals surface area contributed by atoms with E-state index in [1.54, 1.807) is 6.08 Å². The lowest BCUT2D eigenvalue weighted by atomic mass is 10.0. The summed E-state index contributed by atoms with van der Waals surface area (Å²) in [5.74, 6) is -0.297. The number of esters is 1. The Balaban J connectivity index is 1.31. The summed E-state index contributed by atoms with van der Waals surface area (Å²) in [6.07, 6.45) is 1.67. The summed E-state index contributed by atoms with van der Waals surface area (Å²) < 4.78 is 11.1. The molecular formula is C28H17NO6. The van der Waals surface area contributed by atoms with E-state index in [-0.39, 0.29) is 34.3 Å². The predicted octanol–water partition coefficient (Wildman–Crippen LogP) is 6.10. The largest absolute Gasteiger partial charge is 0.452 e. The normalized spacial score (nSPS) is 13.3. The molecule has 35 heavy (non-hydrogen) atoms. The van der Waals surface area contributed by atoms with Crippen molar-refractivity contribution in [1.82, 2.24) is 0 Å². The van der Waals surface area contributed by atoms with Gasteiger partial charge in [0.05, 0.1) is 16.1 Å². The highest BCUT2D eigenvalue weighted by molar-refractivity contribution is 6.14. The van der Waals surface area contributed by atoms with Crippen LogP contribution in [0.15, 0.2) is 103 Å². The first-order valence-corrected chi connectivity index (χ1v) is 10.7. The summed E-state index contributed by atoms with van der Waals surface area (Å²) in [4.78, 5) is 35.4. The summed E-state index contributed by atoms with van der Waals surface area (Å²) in [5, 5.41) is 10.8. The van der Waals surface area contributed by atoms with Crippen molar-refractivity contribution in [3.8, 4) is 22.6 Å². The monoisotopic (exact) mass is 463 g/mol. The van der Waals surface area contributed by atoms with E-state index in [0.29, 0.717) is 5.56 Å². The number of nitrogens with zero attached hydrogens (tertiary/aromatic N) is 1. The van der Waals surface area contributed by atoms with Crippen LogP contribution in [-0.2, 0) is 0 Å². The van der Waals surface area contributed by atoms with Gasteiger partial charge in [0.15, 0.2) is 5.76 Å². The molecule has 0 saturated heterocycles. The number of fused-ring (bicyclic) bond motifs is 1. The van der Waals surface area contributed by atoms with Gasteiger partial charge in [-0.25, -0.2) is 4.79 Å². The molecule has 0 N–H and O–H groups in total. The number of nitro benzene ring substituents is 1.